The highest BCUT2D eigenvalue weighted by Crippen LogP contribution is 2.26. The number of para-hydroxylation sites is 1. The third-order valence-corrected chi connectivity index (χ3v) is 4.41. The number of carbonyl (C=O) groups is 1. The summed E-state index contributed by atoms with van der Waals surface area (Å²) < 4.78 is 10.9. The van der Waals surface area contributed by atoms with Crippen molar-refractivity contribution in [2.75, 3.05) is 30.2 Å². The summed E-state index contributed by atoms with van der Waals surface area (Å²) in [6.07, 6.45) is 3.45. The van der Waals surface area contributed by atoms with Crippen LogP contribution in [0.25, 0.3) is 0 Å². The summed E-state index contributed by atoms with van der Waals surface area (Å²) in [6, 6.07) is 14.4. The molecule has 0 aliphatic carbocycles. The van der Waals surface area contributed by atoms with E-state index in [-0.39, 0.29) is 17.4 Å². The molecule has 0 saturated carbocycles. The number of nitrogens with one attached hydrogen (secondary N) is 3. The highest BCUT2D eigenvalue weighted by atomic mass is 16.5. The molecule has 2 aromatic carbocycles. The van der Waals surface area contributed by atoms with Crippen molar-refractivity contribution in [1.29, 1.82) is 0 Å². The van der Waals surface area contributed by atoms with E-state index in [2.05, 4.69) is 33.1 Å². The molecule has 1 amide bonds. The molecular formula is C22H26N6O3. The number of rotatable bonds is 10. The zero-order chi connectivity index (χ0) is 22.1. The number of nitrogens with zero attached hydrogens (tertiary/aromatic N) is 2. The number of anilines is 4. The van der Waals surface area contributed by atoms with Crippen LogP contribution in [0.5, 0.6) is 11.5 Å². The molecule has 0 spiro atoms. The molecule has 5 N–H and O–H groups in total. The van der Waals surface area contributed by atoms with Crippen LogP contribution in [-0.2, 0) is 0 Å². The number of nitrogens with two attached hydrogens (primary N) is 1. The lowest BCUT2D eigenvalue weighted by Crippen LogP contribution is -2.30. The first-order valence-electron chi connectivity index (χ1n) is 9.92. The fourth-order valence-electron chi connectivity index (χ4n) is 2.72. The van der Waals surface area contributed by atoms with E-state index in [9.17, 15) is 4.79 Å². The number of nitrogen functional groups attached to an aromatic ring is 1. The van der Waals surface area contributed by atoms with E-state index in [0.29, 0.717) is 23.7 Å². The van der Waals surface area contributed by atoms with E-state index in [4.69, 9.17) is 15.2 Å². The van der Waals surface area contributed by atoms with Crippen LogP contribution in [-0.4, -0.2) is 29.6 Å². The third-order valence-electron chi connectivity index (χ3n) is 4.41. The Morgan fingerprint density at radius 3 is 2.55 bits per heavy atom. The normalized spacial score (nSPS) is 10.3. The number of unbranched alkanes of at least 4 members (excludes halogenated alkanes) is 1. The predicted molar refractivity (Wildman–Crippen MR) is 121 cm³/mol. The average Bonchev–Trinajstić information content (AvgIpc) is 2.80. The van der Waals surface area contributed by atoms with Gasteiger partial charge in [-0.1, -0.05) is 25.5 Å². The summed E-state index contributed by atoms with van der Waals surface area (Å²) in [5.74, 6) is 1.55. The quantitative estimate of drug-likeness (QED) is 0.288. The summed E-state index contributed by atoms with van der Waals surface area (Å²) in [4.78, 5) is 20.7. The van der Waals surface area contributed by atoms with Gasteiger partial charge in [0.1, 0.15) is 23.5 Å². The van der Waals surface area contributed by atoms with Gasteiger partial charge in [-0.05, 0) is 42.8 Å². The Balaban J connectivity index is 1.64. The number of hydrazine groups is 1. The van der Waals surface area contributed by atoms with Gasteiger partial charge in [-0.15, -0.1) is 0 Å². The van der Waals surface area contributed by atoms with Gasteiger partial charge in [-0.25, -0.2) is 9.97 Å². The summed E-state index contributed by atoms with van der Waals surface area (Å²) >= 11 is 0. The Morgan fingerprint density at radius 1 is 1.06 bits per heavy atom. The van der Waals surface area contributed by atoms with Gasteiger partial charge in [0.2, 0.25) is 0 Å². The molecule has 0 unspecified atom stereocenters. The molecule has 1 heterocycles. The van der Waals surface area contributed by atoms with Gasteiger partial charge in [-0.2, -0.15) is 0 Å². The zero-order valence-electron chi connectivity index (χ0n) is 17.5. The Kier molecular flexibility index (Phi) is 7.47. The second-order valence-electron chi connectivity index (χ2n) is 6.62. The van der Waals surface area contributed by atoms with Crippen molar-refractivity contribution in [3.05, 3.63) is 60.4 Å². The SMILES string of the molecule is CCCCOc1ccc(Nc2ncnc(NNC(=O)c3ccccc3OC)c2N)cc1. The van der Waals surface area contributed by atoms with Crippen molar-refractivity contribution in [2.24, 2.45) is 0 Å². The number of amides is 1. The second kappa shape index (κ2) is 10.7. The lowest BCUT2D eigenvalue weighted by molar-refractivity contribution is 0.0959. The fraction of sp³-hybridized carbons (Fsp3) is 0.227. The first-order chi connectivity index (χ1) is 15.1. The van der Waals surface area contributed by atoms with Gasteiger partial charge in [0.15, 0.2) is 11.6 Å². The number of ether oxygens (including phenoxy) is 2. The molecule has 0 saturated heterocycles. The smallest absolute Gasteiger partial charge is 0.273 e. The van der Waals surface area contributed by atoms with Crippen LogP contribution in [0.1, 0.15) is 30.1 Å². The second-order valence-corrected chi connectivity index (χ2v) is 6.62. The Morgan fingerprint density at radius 2 is 1.81 bits per heavy atom. The van der Waals surface area contributed by atoms with Crippen molar-refractivity contribution >= 4 is 28.9 Å². The van der Waals surface area contributed by atoms with Crippen molar-refractivity contribution in [3.63, 3.8) is 0 Å². The Hall–Kier alpha value is -4.01. The van der Waals surface area contributed by atoms with E-state index in [1.54, 1.807) is 24.3 Å². The van der Waals surface area contributed by atoms with E-state index >= 15 is 0 Å². The zero-order valence-corrected chi connectivity index (χ0v) is 17.5. The maximum absolute atomic E-state index is 12.4. The minimum atomic E-state index is -0.386. The highest BCUT2D eigenvalue weighted by molar-refractivity contribution is 5.97. The molecule has 0 atom stereocenters. The van der Waals surface area contributed by atoms with Gasteiger partial charge in [0.25, 0.3) is 5.91 Å². The molecule has 0 aliphatic rings. The predicted octanol–water partition coefficient (Wildman–Crippen LogP) is 3.75. The van der Waals surface area contributed by atoms with Gasteiger partial charge < -0.3 is 20.5 Å². The van der Waals surface area contributed by atoms with E-state index in [0.717, 1.165) is 24.3 Å². The van der Waals surface area contributed by atoms with Crippen LogP contribution >= 0.6 is 0 Å². The van der Waals surface area contributed by atoms with Gasteiger partial charge >= 0.3 is 0 Å². The van der Waals surface area contributed by atoms with E-state index in [1.165, 1.54) is 13.4 Å². The highest BCUT2D eigenvalue weighted by Gasteiger charge is 2.13. The maximum Gasteiger partial charge on any atom is 0.273 e. The van der Waals surface area contributed by atoms with Crippen molar-refractivity contribution in [1.82, 2.24) is 15.4 Å². The van der Waals surface area contributed by atoms with E-state index in [1.807, 2.05) is 24.3 Å². The molecule has 0 fully saturated rings. The molecule has 3 rings (SSSR count). The lowest BCUT2D eigenvalue weighted by atomic mass is 10.2. The Bertz CT molecular complexity index is 1010. The fourth-order valence-corrected chi connectivity index (χ4v) is 2.72. The topological polar surface area (TPSA) is 123 Å². The third kappa shape index (κ3) is 5.75. The van der Waals surface area contributed by atoms with Crippen LogP contribution in [0.3, 0.4) is 0 Å². The summed E-state index contributed by atoms with van der Waals surface area (Å²) in [5, 5.41) is 3.14. The van der Waals surface area contributed by atoms with Crippen molar-refractivity contribution in [3.8, 4) is 11.5 Å². The molecular weight excluding hydrogens is 396 g/mol. The summed E-state index contributed by atoms with van der Waals surface area (Å²) in [5.41, 5.74) is 12.9. The molecule has 0 aliphatic heterocycles. The standard InChI is InChI=1S/C22H26N6O3/c1-3-4-13-31-16-11-9-15(10-12-16)26-20-19(23)21(25-14-24-20)27-28-22(29)17-7-5-6-8-18(17)30-2/h5-12,14H,3-4,13,23H2,1-2H3,(H,28,29)(H2,24,25,26,27). The number of benzene rings is 2. The monoisotopic (exact) mass is 422 g/mol. The largest absolute Gasteiger partial charge is 0.496 e. The molecule has 162 valence electrons. The first-order valence-corrected chi connectivity index (χ1v) is 9.92. The molecule has 31 heavy (non-hydrogen) atoms. The molecule has 1 aromatic heterocycles. The van der Waals surface area contributed by atoms with Crippen LogP contribution in [0, 0.1) is 0 Å². The number of carbonyl (C=O) groups excluding carboxylic acids is 1. The van der Waals surface area contributed by atoms with Gasteiger partial charge in [0, 0.05) is 5.69 Å². The Labute approximate surface area is 181 Å². The van der Waals surface area contributed by atoms with Crippen LogP contribution in [0.15, 0.2) is 54.9 Å². The van der Waals surface area contributed by atoms with Crippen molar-refractivity contribution in [2.45, 2.75) is 19.8 Å². The lowest BCUT2D eigenvalue weighted by Gasteiger charge is -2.14. The number of methoxy groups -OCH3 is 1. The summed E-state index contributed by atoms with van der Waals surface area (Å²) in [6.45, 7) is 2.81. The number of hydrogen-bond acceptors (Lipinski definition) is 8. The molecule has 0 bridgehead atoms. The average molecular weight is 422 g/mol. The van der Waals surface area contributed by atoms with Crippen molar-refractivity contribution < 1.29 is 14.3 Å². The number of hydrogen-bond donors (Lipinski definition) is 4. The first kappa shape index (κ1) is 21.7. The number of aromatic nitrogens is 2. The minimum absolute atomic E-state index is 0.256. The summed E-state index contributed by atoms with van der Waals surface area (Å²) in [7, 11) is 1.50. The van der Waals surface area contributed by atoms with Crippen LogP contribution in [0.2, 0.25) is 0 Å². The van der Waals surface area contributed by atoms with Gasteiger partial charge in [-0.3, -0.25) is 15.6 Å². The molecule has 9 heteroatoms. The molecule has 3 aromatic rings. The molecule has 9 nitrogen and oxygen atoms in total. The molecule has 0 radical (unpaired) electrons. The van der Waals surface area contributed by atoms with Crippen LogP contribution < -0.4 is 31.4 Å². The van der Waals surface area contributed by atoms with Crippen LogP contribution in [0.4, 0.5) is 23.0 Å². The van der Waals surface area contributed by atoms with Gasteiger partial charge in [0.05, 0.1) is 19.3 Å². The maximum atomic E-state index is 12.4. The van der Waals surface area contributed by atoms with E-state index < -0.39 is 0 Å². The minimum Gasteiger partial charge on any atom is -0.496 e.